The Bertz CT molecular complexity index is 687. The Labute approximate surface area is 157 Å². The molecule has 1 saturated heterocycles. The summed E-state index contributed by atoms with van der Waals surface area (Å²) < 4.78 is 16.6. The van der Waals surface area contributed by atoms with E-state index in [0.717, 1.165) is 0 Å². The van der Waals surface area contributed by atoms with E-state index >= 15 is 0 Å². The highest BCUT2D eigenvalue weighted by molar-refractivity contribution is 5.91. The third-order valence-electron chi connectivity index (χ3n) is 6.52. The molecule has 0 spiro atoms. The van der Waals surface area contributed by atoms with Crippen LogP contribution in [0.25, 0.3) is 0 Å². The molecule has 0 aromatic carbocycles. The van der Waals surface area contributed by atoms with Gasteiger partial charge in [-0.25, -0.2) is 4.79 Å². The second kappa shape index (κ2) is 6.60. The predicted octanol–water partition coefficient (Wildman–Crippen LogP) is 0.345. The molecule has 27 heavy (non-hydrogen) atoms. The molecule has 0 unspecified atom stereocenters. The van der Waals surface area contributed by atoms with Gasteiger partial charge < -0.3 is 24.4 Å². The average molecular weight is 382 g/mol. The standard InChI is InChI=1S/C19H26O8/c1-7-13-16(27-18(7)24)15(25-9(3)20)8(2)14-11(22)6-12(23)19(14,5)17(13)26-10(4)21/h8,11-17,22-23H,1,6H2,2-5H3/t8-,11-,12-,13+,14+,15+,16+,17+,19+/m0/s1. The van der Waals surface area contributed by atoms with E-state index in [0.29, 0.717) is 0 Å². The van der Waals surface area contributed by atoms with Crippen molar-refractivity contribution >= 4 is 17.9 Å². The van der Waals surface area contributed by atoms with E-state index in [1.165, 1.54) is 13.8 Å². The zero-order chi connectivity index (χ0) is 20.3. The summed E-state index contributed by atoms with van der Waals surface area (Å²) in [7, 11) is 0. The third-order valence-corrected chi connectivity index (χ3v) is 6.52. The minimum absolute atomic E-state index is 0.0920. The fraction of sp³-hybridized carbons (Fsp3) is 0.737. The summed E-state index contributed by atoms with van der Waals surface area (Å²) in [5.41, 5.74) is -0.967. The number of carbonyl (C=O) groups is 3. The third kappa shape index (κ3) is 2.86. The highest BCUT2D eigenvalue weighted by atomic mass is 16.6. The van der Waals surface area contributed by atoms with Gasteiger partial charge in [0.15, 0.2) is 0 Å². The molecule has 3 fully saturated rings. The van der Waals surface area contributed by atoms with Gasteiger partial charge in [-0.05, 0) is 0 Å². The quantitative estimate of drug-likeness (QED) is 0.399. The minimum atomic E-state index is -1.07. The summed E-state index contributed by atoms with van der Waals surface area (Å²) in [6.07, 6.45) is -4.51. The second-order valence-corrected chi connectivity index (χ2v) is 8.09. The predicted molar refractivity (Wildman–Crippen MR) is 91.0 cm³/mol. The van der Waals surface area contributed by atoms with E-state index < -0.39 is 71.6 Å². The van der Waals surface area contributed by atoms with Crippen LogP contribution in [0, 0.1) is 23.2 Å². The molecule has 9 atom stereocenters. The number of carbonyl (C=O) groups excluding carboxylic acids is 3. The van der Waals surface area contributed by atoms with Crippen molar-refractivity contribution in [1.82, 2.24) is 0 Å². The van der Waals surface area contributed by atoms with Gasteiger partial charge in [0.1, 0.15) is 18.3 Å². The van der Waals surface area contributed by atoms with Crippen LogP contribution in [0.4, 0.5) is 0 Å². The van der Waals surface area contributed by atoms with Crippen molar-refractivity contribution in [1.29, 1.82) is 0 Å². The highest BCUT2D eigenvalue weighted by Crippen LogP contribution is 2.58. The van der Waals surface area contributed by atoms with E-state index in [-0.39, 0.29) is 12.0 Å². The number of hydrogen-bond acceptors (Lipinski definition) is 8. The van der Waals surface area contributed by atoms with Crippen molar-refractivity contribution in [2.45, 2.75) is 64.6 Å². The van der Waals surface area contributed by atoms with Crippen LogP contribution in [0.2, 0.25) is 0 Å². The van der Waals surface area contributed by atoms with E-state index in [4.69, 9.17) is 14.2 Å². The van der Waals surface area contributed by atoms with Crippen molar-refractivity contribution in [2.75, 3.05) is 0 Å². The number of fused-ring (bicyclic) bond motifs is 2. The van der Waals surface area contributed by atoms with E-state index in [1.54, 1.807) is 13.8 Å². The lowest BCUT2D eigenvalue weighted by Crippen LogP contribution is -2.51. The van der Waals surface area contributed by atoms with Gasteiger partial charge in [0.05, 0.1) is 18.1 Å². The molecule has 1 heterocycles. The second-order valence-electron chi connectivity index (χ2n) is 8.09. The van der Waals surface area contributed by atoms with Gasteiger partial charge in [0.2, 0.25) is 0 Å². The van der Waals surface area contributed by atoms with E-state index in [1.807, 2.05) is 0 Å². The van der Waals surface area contributed by atoms with E-state index in [2.05, 4.69) is 6.58 Å². The molecule has 0 aromatic rings. The SMILES string of the molecule is C=C1C(=O)O[C@H]2[C@H](OC(C)=O)[C@@H](C)[C@@H]3[C@@H](O)C[C@H](O)[C@@]3(C)[C@H](OC(C)=O)[C@H]12. The van der Waals surface area contributed by atoms with Crippen molar-refractivity contribution in [3.63, 3.8) is 0 Å². The Kier molecular flexibility index (Phi) is 4.84. The Balaban J connectivity index is 2.19. The molecule has 3 rings (SSSR count). The molecular weight excluding hydrogens is 356 g/mol. The van der Waals surface area contributed by atoms with Crippen molar-refractivity contribution in [2.24, 2.45) is 23.2 Å². The van der Waals surface area contributed by atoms with Gasteiger partial charge in [0.25, 0.3) is 0 Å². The molecule has 0 radical (unpaired) electrons. The molecule has 0 amide bonds. The first-order valence-electron chi connectivity index (χ1n) is 9.10. The van der Waals surface area contributed by atoms with Crippen molar-refractivity contribution in [3.05, 3.63) is 12.2 Å². The molecule has 1 aliphatic heterocycles. The summed E-state index contributed by atoms with van der Waals surface area (Å²) in [6.45, 7) is 9.79. The molecule has 8 heteroatoms. The largest absolute Gasteiger partial charge is 0.461 e. The molecule has 0 aromatic heterocycles. The van der Waals surface area contributed by atoms with Crippen LogP contribution in [-0.4, -0.2) is 58.6 Å². The topological polar surface area (TPSA) is 119 Å². The Hall–Kier alpha value is -1.93. The summed E-state index contributed by atoms with van der Waals surface area (Å²) >= 11 is 0. The first-order valence-corrected chi connectivity index (χ1v) is 9.10. The summed E-state index contributed by atoms with van der Waals surface area (Å²) in [4.78, 5) is 35.8. The van der Waals surface area contributed by atoms with Gasteiger partial charge >= 0.3 is 17.9 Å². The first kappa shape index (κ1) is 19.8. The van der Waals surface area contributed by atoms with Crippen LogP contribution in [0.15, 0.2) is 12.2 Å². The molecular formula is C19H26O8. The summed E-state index contributed by atoms with van der Waals surface area (Å²) in [5.74, 6) is -3.58. The van der Waals surface area contributed by atoms with E-state index in [9.17, 15) is 24.6 Å². The van der Waals surface area contributed by atoms with Crippen LogP contribution in [0.3, 0.4) is 0 Å². The lowest BCUT2D eigenvalue weighted by Gasteiger charge is -2.43. The Morgan fingerprint density at radius 1 is 1.22 bits per heavy atom. The van der Waals surface area contributed by atoms with Gasteiger partial charge in [-0.2, -0.15) is 0 Å². The van der Waals surface area contributed by atoms with Crippen LogP contribution < -0.4 is 0 Å². The number of aliphatic hydroxyl groups excluding tert-OH is 2. The summed E-state index contributed by atoms with van der Waals surface area (Å²) in [6, 6.07) is 0. The maximum atomic E-state index is 12.2. The van der Waals surface area contributed by atoms with Gasteiger partial charge in [0, 0.05) is 43.1 Å². The zero-order valence-electron chi connectivity index (χ0n) is 15.9. The van der Waals surface area contributed by atoms with Gasteiger partial charge in [-0.1, -0.05) is 20.4 Å². The smallest absolute Gasteiger partial charge is 0.334 e. The fourth-order valence-electron chi connectivity index (χ4n) is 5.43. The van der Waals surface area contributed by atoms with Crippen molar-refractivity contribution in [3.8, 4) is 0 Å². The van der Waals surface area contributed by atoms with Gasteiger partial charge in [-0.3, -0.25) is 9.59 Å². The lowest BCUT2D eigenvalue weighted by molar-refractivity contribution is -0.170. The molecule has 8 nitrogen and oxygen atoms in total. The van der Waals surface area contributed by atoms with Crippen LogP contribution in [0.1, 0.15) is 34.1 Å². The first-order chi connectivity index (χ1) is 12.5. The van der Waals surface area contributed by atoms with Crippen molar-refractivity contribution < 1.29 is 38.8 Å². The van der Waals surface area contributed by atoms with Crippen LogP contribution >= 0.6 is 0 Å². The number of rotatable bonds is 2. The summed E-state index contributed by atoms with van der Waals surface area (Å²) in [5, 5.41) is 21.5. The van der Waals surface area contributed by atoms with Crippen LogP contribution in [0.5, 0.6) is 0 Å². The highest BCUT2D eigenvalue weighted by Gasteiger charge is 2.68. The minimum Gasteiger partial charge on any atom is -0.461 e. The maximum absolute atomic E-state index is 12.2. The number of esters is 3. The normalized spacial score (nSPS) is 46.1. The average Bonchev–Trinajstić information content (AvgIpc) is 2.93. The number of ether oxygens (including phenoxy) is 3. The lowest BCUT2D eigenvalue weighted by atomic mass is 9.66. The monoisotopic (exact) mass is 382 g/mol. The molecule has 2 N–H and O–H groups in total. The van der Waals surface area contributed by atoms with Crippen LogP contribution in [-0.2, 0) is 28.6 Å². The number of hydrogen-bond donors (Lipinski definition) is 2. The van der Waals surface area contributed by atoms with Gasteiger partial charge in [-0.15, -0.1) is 0 Å². The number of aliphatic hydroxyl groups is 2. The molecule has 2 saturated carbocycles. The molecule has 2 aliphatic carbocycles. The molecule has 150 valence electrons. The zero-order valence-corrected chi connectivity index (χ0v) is 15.9. The molecule has 3 aliphatic rings. The Morgan fingerprint density at radius 2 is 1.81 bits per heavy atom. The molecule has 0 bridgehead atoms. The maximum Gasteiger partial charge on any atom is 0.334 e. The Morgan fingerprint density at radius 3 is 2.37 bits per heavy atom. The fourth-order valence-corrected chi connectivity index (χ4v) is 5.43.